The van der Waals surface area contributed by atoms with Crippen molar-refractivity contribution in [1.29, 1.82) is 0 Å². The summed E-state index contributed by atoms with van der Waals surface area (Å²) in [4.78, 5) is 18.8. The average Bonchev–Trinajstić information content (AvgIpc) is 3.29. The molecular formula is C25H32FN3O2. The molecule has 166 valence electrons. The molecule has 1 saturated carbocycles. The molecule has 2 aromatic rings. The van der Waals surface area contributed by atoms with Crippen LogP contribution in [0.5, 0.6) is 0 Å². The predicted octanol–water partition coefficient (Wildman–Crippen LogP) is 3.96. The van der Waals surface area contributed by atoms with E-state index in [4.69, 9.17) is 4.74 Å². The molecule has 5 nitrogen and oxygen atoms in total. The summed E-state index contributed by atoms with van der Waals surface area (Å²) in [5.74, 6) is 0.523. The summed E-state index contributed by atoms with van der Waals surface area (Å²) in [6, 6.07) is 9.05. The lowest BCUT2D eigenvalue weighted by Gasteiger charge is -2.26. The maximum Gasteiger partial charge on any atom is 0.226 e. The second-order valence-corrected chi connectivity index (χ2v) is 8.71. The van der Waals surface area contributed by atoms with Gasteiger partial charge in [0.1, 0.15) is 5.82 Å². The number of aromatic nitrogens is 1. The number of pyridine rings is 1. The minimum Gasteiger partial charge on any atom is -0.379 e. The number of nitrogens with one attached hydrogen (secondary N) is 1. The fraction of sp³-hybridized carbons (Fsp3) is 0.520. The molecule has 0 bridgehead atoms. The first-order chi connectivity index (χ1) is 15.2. The number of morpholine rings is 1. The SMILES string of the molecule is O=C(Cc1ccc(-c2ccc(CN3CCOCC3)cc2F)cn1)NCCC1CCCC1. The van der Waals surface area contributed by atoms with Crippen molar-refractivity contribution in [2.24, 2.45) is 5.92 Å². The Kier molecular flexibility index (Phi) is 7.65. The Hall–Kier alpha value is -2.31. The topological polar surface area (TPSA) is 54.5 Å². The van der Waals surface area contributed by atoms with Crippen molar-refractivity contribution in [3.63, 3.8) is 0 Å². The lowest BCUT2D eigenvalue weighted by molar-refractivity contribution is -0.120. The zero-order chi connectivity index (χ0) is 21.5. The fourth-order valence-electron chi connectivity index (χ4n) is 4.54. The zero-order valence-electron chi connectivity index (χ0n) is 18.1. The van der Waals surface area contributed by atoms with E-state index >= 15 is 0 Å². The van der Waals surface area contributed by atoms with Gasteiger partial charge in [0, 0.05) is 49.2 Å². The van der Waals surface area contributed by atoms with Gasteiger partial charge in [0.05, 0.1) is 19.6 Å². The van der Waals surface area contributed by atoms with Crippen molar-refractivity contribution in [2.75, 3.05) is 32.8 Å². The van der Waals surface area contributed by atoms with Crippen LogP contribution in [0.15, 0.2) is 36.5 Å². The van der Waals surface area contributed by atoms with E-state index in [0.717, 1.165) is 62.9 Å². The van der Waals surface area contributed by atoms with E-state index in [2.05, 4.69) is 15.2 Å². The van der Waals surface area contributed by atoms with Crippen molar-refractivity contribution in [1.82, 2.24) is 15.2 Å². The number of halogens is 1. The molecule has 1 aromatic heterocycles. The van der Waals surface area contributed by atoms with E-state index < -0.39 is 0 Å². The highest BCUT2D eigenvalue weighted by Gasteiger charge is 2.15. The van der Waals surface area contributed by atoms with Crippen LogP contribution in [0.3, 0.4) is 0 Å². The van der Waals surface area contributed by atoms with E-state index in [1.54, 1.807) is 12.3 Å². The smallest absolute Gasteiger partial charge is 0.226 e. The number of benzene rings is 1. The normalized spacial score (nSPS) is 17.7. The first-order valence-corrected chi connectivity index (χ1v) is 11.5. The monoisotopic (exact) mass is 425 g/mol. The molecule has 1 N–H and O–H groups in total. The van der Waals surface area contributed by atoms with Gasteiger partial charge in [-0.05, 0) is 30.0 Å². The Labute approximate surface area is 184 Å². The number of hydrogen-bond donors (Lipinski definition) is 1. The van der Waals surface area contributed by atoms with Crippen LogP contribution in [0.2, 0.25) is 0 Å². The highest BCUT2D eigenvalue weighted by molar-refractivity contribution is 5.78. The molecule has 1 saturated heterocycles. The van der Waals surface area contributed by atoms with Gasteiger partial charge in [-0.15, -0.1) is 0 Å². The maximum atomic E-state index is 14.7. The quantitative estimate of drug-likeness (QED) is 0.696. The summed E-state index contributed by atoms with van der Waals surface area (Å²) >= 11 is 0. The minimum absolute atomic E-state index is 0.00288. The van der Waals surface area contributed by atoms with E-state index in [0.29, 0.717) is 11.3 Å². The predicted molar refractivity (Wildman–Crippen MR) is 119 cm³/mol. The van der Waals surface area contributed by atoms with Crippen LogP contribution in [0.25, 0.3) is 11.1 Å². The van der Waals surface area contributed by atoms with Crippen LogP contribution < -0.4 is 5.32 Å². The van der Waals surface area contributed by atoms with Crippen molar-refractivity contribution in [2.45, 2.75) is 45.1 Å². The fourth-order valence-corrected chi connectivity index (χ4v) is 4.54. The van der Waals surface area contributed by atoms with Crippen molar-refractivity contribution < 1.29 is 13.9 Å². The van der Waals surface area contributed by atoms with Gasteiger partial charge in [0.15, 0.2) is 0 Å². The summed E-state index contributed by atoms with van der Waals surface area (Å²) < 4.78 is 20.1. The number of carbonyl (C=O) groups excluding carboxylic acids is 1. The van der Waals surface area contributed by atoms with Gasteiger partial charge < -0.3 is 10.1 Å². The molecule has 1 aromatic carbocycles. The van der Waals surface area contributed by atoms with E-state index in [1.165, 1.54) is 25.7 Å². The lowest BCUT2D eigenvalue weighted by Crippen LogP contribution is -2.35. The van der Waals surface area contributed by atoms with E-state index in [-0.39, 0.29) is 18.1 Å². The van der Waals surface area contributed by atoms with Crippen LogP contribution in [0, 0.1) is 11.7 Å². The molecule has 1 aliphatic carbocycles. The molecule has 1 aliphatic heterocycles. The van der Waals surface area contributed by atoms with Gasteiger partial charge in [0.25, 0.3) is 0 Å². The molecule has 0 unspecified atom stereocenters. The summed E-state index contributed by atoms with van der Waals surface area (Å²) in [6.07, 6.45) is 8.22. The summed E-state index contributed by atoms with van der Waals surface area (Å²) in [7, 11) is 0. The van der Waals surface area contributed by atoms with Gasteiger partial charge >= 0.3 is 0 Å². The van der Waals surface area contributed by atoms with Gasteiger partial charge in [0.2, 0.25) is 5.91 Å². The number of carbonyl (C=O) groups is 1. The molecule has 2 heterocycles. The standard InChI is InChI=1S/C25H32FN3O2/c26-24-15-20(18-29-11-13-31-14-12-29)5-8-23(24)21-6-7-22(28-17-21)16-25(30)27-10-9-19-3-1-2-4-19/h5-8,15,17,19H,1-4,9-14,16,18H2,(H,27,30). The molecular weight excluding hydrogens is 393 g/mol. The van der Waals surface area contributed by atoms with Crippen LogP contribution in [0.1, 0.15) is 43.4 Å². The second kappa shape index (κ2) is 10.8. The average molecular weight is 426 g/mol. The van der Waals surface area contributed by atoms with Gasteiger partial charge in [-0.2, -0.15) is 0 Å². The van der Waals surface area contributed by atoms with Crippen LogP contribution in [-0.4, -0.2) is 48.6 Å². The maximum absolute atomic E-state index is 14.7. The number of rotatable bonds is 8. The van der Waals surface area contributed by atoms with Gasteiger partial charge in [-0.1, -0.05) is 43.9 Å². The molecule has 1 amide bonds. The molecule has 2 fully saturated rings. The number of amides is 1. The molecule has 4 rings (SSSR count). The molecule has 6 heteroatoms. The third-order valence-corrected chi connectivity index (χ3v) is 6.37. The van der Waals surface area contributed by atoms with Gasteiger partial charge in [-0.25, -0.2) is 4.39 Å². The first-order valence-electron chi connectivity index (χ1n) is 11.5. The molecule has 31 heavy (non-hydrogen) atoms. The van der Waals surface area contributed by atoms with Crippen molar-refractivity contribution in [3.8, 4) is 11.1 Å². The van der Waals surface area contributed by atoms with Crippen molar-refractivity contribution in [3.05, 3.63) is 53.6 Å². The molecule has 0 atom stereocenters. The largest absolute Gasteiger partial charge is 0.379 e. The Morgan fingerprint density at radius 3 is 2.68 bits per heavy atom. The van der Waals surface area contributed by atoms with Crippen molar-refractivity contribution >= 4 is 5.91 Å². The Balaban J connectivity index is 1.29. The van der Waals surface area contributed by atoms with E-state index in [9.17, 15) is 9.18 Å². The Bertz CT molecular complexity index is 860. The number of nitrogens with zero attached hydrogens (tertiary/aromatic N) is 2. The third kappa shape index (κ3) is 6.34. The first kappa shape index (κ1) is 21.9. The summed E-state index contributed by atoms with van der Waals surface area (Å²) in [6.45, 7) is 4.69. The molecule has 2 aliphatic rings. The lowest BCUT2D eigenvalue weighted by atomic mass is 10.0. The molecule has 0 spiro atoms. The Morgan fingerprint density at radius 1 is 1.16 bits per heavy atom. The highest BCUT2D eigenvalue weighted by Crippen LogP contribution is 2.27. The van der Waals surface area contributed by atoms with Gasteiger partial charge in [-0.3, -0.25) is 14.7 Å². The Morgan fingerprint density at radius 2 is 1.97 bits per heavy atom. The van der Waals surface area contributed by atoms with E-state index in [1.807, 2.05) is 24.3 Å². The van der Waals surface area contributed by atoms with Crippen LogP contribution in [0.4, 0.5) is 4.39 Å². The number of ether oxygens (including phenoxy) is 1. The third-order valence-electron chi connectivity index (χ3n) is 6.37. The highest BCUT2D eigenvalue weighted by atomic mass is 19.1. The zero-order valence-corrected chi connectivity index (χ0v) is 18.1. The second-order valence-electron chi connectivity index (χ2n) is 8.71. The summed E-state index contributed by atoms with van der Waals surface area (Å²) in [5, 5.41) is 3.00. The number of hydrogen-bond acceptors (Lipinski definition) is 4. The van der Waals surface area contributed by atoms with Crippen LogP contribution in [-0.2, 0) is 22.5 Å². The molecule has 0 radical (unpaired) electrons. The minimum atomic E-state index is -0.245. The van der Waals surface area contributed by atoms with Crippen LogP contribution >= 0.6 is 0 Å². The summed E-state index contributed by atoms with van der Waals surface area (Å²) in [5.41, 5.74) is 2.92.